The van der Waals surface area contributed by atoms with Crippen LogP contribution in [0.1, 0.15) is 36.4 Å². The molecule has 1 heterocycles. The van der Waals surface area contributed by atoms with Crippen molar-refractivity contribution in [1.82, 2.24) is 5.32 Å². The molecule has 0 spiro atoms. The Hall–Kier alpha value is -1.56. The van der Waals surface area contributed by atoms with Crippen LogP contribution >= 0.6 is 11.3 Å². The normalized spacial score (nSPS) is 11.1. The third-order valence-electron chi connectivity index (χ3n) is 3.43. The Kier molecular flexibility index (Phi) is 5.35. The number of hydrogen-bond acceptors (Lipinski definition) is 4. The van der Waals surface area contributed by atoms with Gasteiger partial charge in [-0.1, -0.05) is 13.8 Å². The molecule has 0 aliphatic carbocycles. The molecule has 0 fully saturated rings. The molecule has 106 valence electrons. The van der Waals surface area contributed by atoms with Gasteiger partial charge in [0, 0.05) is 18.0 Å². The van der Waals surface area contributed by atoms with E-state index in [0.717, 1.165) is 0 Å². The van der Waals surface area contributed by atoms with E-state index < -0.39 is 11.4 Å². The standard InChI is InChI=1S/C13H19NO4S/c1-4-13(5-2,12(16)17)8-14-11(15)10-6-9(18-3)7-19-10/h6-7H,4-5,8H2,1-3H3,(H,14,15)(H,16,17). The van der Waals surface area contributed by atoms with Gasteiger partial charge in [0.05, 0.1) is 17.4 Å². The Morgan fingerprint density at radius 3 is 2.47 bits per heavy atom. The molecule has 0 radical (unpaired) electrons. The summed E-state index contributed by atoms with van der Waals surface area (Å²) >= 11 is 1.27. The van der Waals surface area contributed by atoms with Gasteiger partial charge in [0.2, 0.25) is 0 Å². The molecule has 0 bridgehead atoms. The van der Waals surface area contributed by atoms with E-state index in [1.807, 2.05) is 13.8 Å². The molecular formula is C13H19NO4S. The molecule has 19 heavy (non-hydrogen) atoms. The van der Waals surface area contributed by atoms with E-state index in [4.69, 9.17) is 4.74 Å². The zero-order chi connectivity index (χ0) is 14.5. The number of carboxylic acid groups (broad SMARTS) is 1. The maximum atomic E-state index is 11.9. The molecule has 0 aliphatic heterocycles. The van der Waals surface area contributed by atoms with Crippen LogP contribution in [0.3, 0.4) is 0 Å². The predicted octanol–water partition coefficient (Wildman–Crippen LogP) is 2.38. The molecule has 1 rings (SSSR count). The van der Waals surface area contributed by atoms with Gasteiger partial charge in [-0.05, 0) is 12.8 Å². The first-order valence-corrected chi connectivity index (χ1v) is 7.01. The number of methoxy groups -OCH3 is 1. The molecule has 0 saturated heterocycles. The topological polar surface area (TPSA) is 75.6 Å². The molecule has 5 nitrogen and oxygen atoms in total. The Morgan fingerprint density at radius 1 is 1.42 bits per heavy atom. The maximum Gasteiger partial charge on any atom is 0.311 e. The minimum Gasteiger partial charge on any atom is -0.496 e. The van der Waals surface area contributed by atoms with Gasteiger partial charge < -0.3 is 15.2 Å². The number of carboxylic acids is 1. The number of thiophene rings is 1. The molecular weight excluding hydrogens is 266 g/mol. The Labute approximate surface area is 116 Å². The fourth-order valence-electron chi connectivity index (χ4n) is 1.76. The Balaban J connectivity index is 2.69. The number of rotatable bonds is 7. The van der Waals surface area contributed by atoms with Gasteiger partial charge in [-0.3, -0.25) is 9.59 Å². The van der Waals surface area contributed by atoms with Crippen LogP contribution in [0, 0.1) is 5.41 Å². The van der Waals surface area contributed by atoms with E-state index in [0.29, 0.717) is 23.5 Å². The third kappa shape index (κ3) is 3.47. The summed E-state index contributed by atoms with van der Waals surface area (Å²) in [6, 6.07) is 1.64. The van der Waals surface area contributed by atoms with E-state index in [1.165, 1.54) is 18.4 Å². The first-order chi connectivity index (χ1) is 8.99. The van der Waals surface area contributed by atoms with Crippen LogP contribution < -0.4 is 10.1 Å². The van der Waals surface area contributed by atoms with Crippen molar-refractivity contribution in [3.05, 3.63) is 16.3 Å². The van der Waals surface area contributed by atoms with Gasteiger partial charge in [0.15, 0.2) is 0 Å². The lowest BCUT2D eigenvalue weighted by molar-refractivity contribution is -0.149. The second-order valence-corrected chi connectivity index (χ2v) is 5.24. The molecule has 1 aromatic heterocycles. The summed E-state index contributed by atoms with van der Waals surface area (Å²) in [4.78, 5) is 23.8. The van der Waals surface area contributed by atoms with Crippen LogP contribution in [0.4, 0.5) is 0 Å². The largest absolute Gasteiger partial charge is 0.496 e. The molecule has 1 amide bonds. The average Bonchev–Trinajstić information content (AvgIpc) is 2.88. The van der Waals surface area contributed by atoms with E-state index in [9.17, 15) is 14.7 Å². The third-order valence-corrected chi connectivity index (χ3v) is 4.34. The van der Waals surface area contributed by atoms with Gasteiger partial charge in [-0.2, -0.15) is 0 Å². The minimum atomic E-state index is -0.892. The summed E-state index contributed by atoms with van der Waals surface area (Å²) in [7, 11) is 1.54. The van der Waals surface area contributed by atoms with E-state index in [-0.39, 0.29) is 12.5 Å². The van der Waals surface area contributed by atoms with Gasteiger partial charge in [-0.25, -0.2) is 0 Å². The SMILES string of the molecule is CCC(CC)(CNC(=O)c1cc(OC)cs1)C(=O)O. The zero-order valence-corrected chi connectivity index (χ0v) is 12.2. The number of carbonyl (C=O) groups is 2. The molecule has 0 saturated carbocycles. The molecule has 0 unspecified atom stereocenters. The van der Waals surface area contributed by atoms with Crippen LogP contribution in [-0.2, 0) is 4.79 Å². The fraction of sp³-hybridized carbons (Fsp3) is 0.538. The maximum absolute atomic E-state index is 11.9. The zero-order valence-electron chi connectivity index (χ0n) is 11.4. The predicted molar refractivity (Wildman–Crippen MR) is 73.9 cm³/mol. The lowest BCUT2D eigenvalue weighted by Crippen LogP contribution is -2.42. The van der Waals surface area contributed by atoms with Crippen molar-refractivity contribution in [2.75, 3.05) is 13.7 Å². The minimum absolute atomic E-state index is 0.133. The van der Waals surface area contributed by atoms with Gasteiger partial charge in [0.25, 0.3) is 5.91 Å². The summed E-state index contributed by atoms with van der Waals surface area (Å²) in [5.41, 5.74) is -0.892. The summed E-state index contributed by atoms with van der Waals surface area (Å²) in [6.07, 6.45) is 0.958. The Morgan fingerprint density at radius 2 is 2.05 bits per heavy atom. The highest BCUT2D eigenvalue weighted by Crippen LogP contribution is 2.26. The first-order valence-electron chi connectivity index (χ1n) is 6.13. The summed E-state index contributed by atoms with van der Waals surface area (Å²) in [5, 5.41) is 13.7. The van der Waals surface area contributed by atoms with Gasteiger partial charge in [0.1, 0.15) is 5.75 Å². The van der Waals surface area contributed by atoms with Gasteiger partial charge in [-0.15, -0.1) is 11.3 Å². The molecule has 1 aromatic rings. The van der Waals surface area contributed by atoms with Crippen molar-refractivity contribution in [2.45, 2.75) is 26.7 Å². The fourth-order valence-corrected chi connectivity index (χ4v) is 2.53. The Bertz CT molecular complexity index is 451. The van der Waals surface area contributed by atoms with Crippen molar-refractivity contribution in [1.29, 1.82) is 0 Å². The first kappa shape index (κ1) is 15.5. The molecule has 2 N–H and O–H groups in total. The van der Waals surface area contributed by atoms with Crippen molar-refractivity contribution < 1.29 is 19.4 Å². The van der Waals surface area contributed by atoms with Crippen LogP contribution in [0.15, 0.2) is 11.4 Å². The van der Waals surface area contributed by atoms with Crippen LogP contribution in [-0.4, -0.2) is 30.6 Å². The number of carbonyl (C=O) groups excluding carboxylic acids is 1. The second-order valence-electron chi connectivity index (χ2n) is 4.33. The lowest BCUT2D eigenvalue weighted by Gasteiger charge is -2.26. The summed E-state index contributed by atoms with van der Waals surface area (Å²) < 4.78 is 5.01. The van der Waals surface area contributed by atoms with Crippen molar-refractivity contribution in [2.24, 2.45) is 5.41 Å². The summed E-state index contributed by atoms with van der Waals surface area (Å²) in [6.45, 7) is 3.77. The number of amides is 1. The number of hydrogen-bond donors (Lipinski definition) is 2. The highest BCUT2D eigenvalue weighted by Gasteiger charge is 2.35. The number of ether oxygens (including phenoxy) is 1. The lowest BCUT2D eigenvalue weighted by atomic mass is 9.82. The molecule has 0 atom stereocenters. The van der Waals surface area contributed by atoms with E-state index >= 15 is 0 Å². The van der Waals surface area contributed by atoms with E-state index in [2.05, 4.69) is 5.32 Å². The quantitative estimate of drug-likeness (QED) is 0.806. The summed E-state index contributed by atoms with van der Waals surface area (Å²) in [5.74, 6) is -0.506. The molecule has 0 aliphatic rings. The van der Waals surface area contributed by atoms with Crippen molar-refractivity contribution in [3.8, 4) is 5.75 Å². The van der Waals surface area contributed by atoms with E-state index in [1.54, 1.807) is 11.4 Å². The monoisotopic (exact) mass is 285 g/mol. The van der Waals surface area contributed by atoms with Crippen molar-refractivity contribution in [3.63, 3.8) is 0 Å². The van der Waals surface area contributed by atoms with Crippen LogP contribution in [0.2, 0.25) is 0 Å². The van der Waals surface area contributed by atoms with Crippen LogP contribution in [0.25, 0.3) is 0 Å². The van der Waals surface area contributed by atoms with Crippen LogP contribution in [0.5, 0.6) is 5.75 Å². The van der Waals surface area contributed by atoms with Gasteiger partial charge >= 0.3 is 5.97 Å². The smallest absolute Gasteiger partial charge is 0.311 e. The molecule has 0 aromatic carbocycles. The number of aliphatic carboxylic acids is 1. The second kappa shape index (κ2) is 6.56. The van der Waals surface area contributed by atoms with Crippen molar-refractivity contribution >= 4 is 23.2 Å². The highest BCUT2D eigenvalue weighted by molar-refractivity contribution is 7.12. The molecule has 6 heteroatoms. The number of nitrogens with one attached hydrogen (secondary N) is 1. The average molecular weight is 285 g/mol. The highest BCUT2D eigenvalue weighted by atomic mass is 32.1.